The van der Waals surface area contributed by atoms with Crippen LogP contribution < -0.4 is 4.74 Å². The molecule has 7 heteroatoms. The van der Waals surface area contributed by atoms with Gasteiger partial charge in [0.2, 0.25) is 0 Å². The molecule has 0 atom stereocenters. The van der Waals surface area contributed by atoms with Crippen LogP contribution in [0.2, 0.25) is 0 Å². The molecule has 0 fully saturated rings. The number of aromatic nitrogens is 2. The summed E-state index contributed by atoms with van der Waals surface area (Å²) in [5.41, 5.74) is 1.39. The molecule has 0 aliphatic heterocycles. The van der Waals surface area contributed by atoms with Crippen molar-refractivity contribution >= 4 is 19.7 Å². The Labute approximate surface area is 122 Å². The topological polar surface area (TPSA) is 69.2 Å². The van der Waals surface area contributed by atoms with Crippen LogP contribution in [-0.2, 0) is 15.7 Å². The molecule has 1 aromatic carbocycles. The van der Waals surface area contributed by atoms with Gasteiger partial charge >= 0.3 is 0 Å². The maximum absolute atomic E-state index is 11.3. The maximum Gasteiger partial charge on any atom is 0.261 e. The summed E-state index contributed by atoms with van der Waals surface area (Å²) in [6.07, 6.45) is 3.27. The molecule has 2 aromatic rings. The Morgan fingerprint density at radius 3 is 2.20 bits per heavy atom. The summed E-state index contributed by atoms with van der Waals surface area (Å²) in [5.74, 6) is 1.17. The van der Waals surface area contributed by atoms with Crippen molar-refractivity contribution in [1.29, 1.82) is 0 Å². The summed E-state index contributed by atoms with van der Waals surface area (Å²) in [5, 5.41) is 0. The van der Waals surface area contributed by atoms with E-state index in [9.17, 15) is 8.42 Å². The molecule has 0 spiro atoms. The first-order chi connectivity index (χ1) is 9.38. The molecule has 0 bridgehead atoms. The van der Waals surface area contributed by atoms with Gasteiger partial charge in [0.1, 0.15) is 12.4 Å². The molecular formula is C13H13ClN2O3S. The quantitative estimate of drug-likeness (QED) is 0.812. The number of hydrogen-bond donors (Lipinski definition) is 0. The lowest BCUT2D eigenvalue weighted by Crippen LogP contribution is -2.04. The van der Waals surface area contributed by atoms with Gasteiger partial charge in [0.25, 0.3) is 9.05 Å². The maximum atomic E-state index is 11.3. The highest BCUT2D eigenvalue weighted by atomic mass is 35.7. The van der Waals surface area contributed by atoms with Crippen LogP contribution in [0.25, 0.3) is 0 Å². The number of aryl methyl sites for hydroxylation is 2. The molecule has 2 rings (SSSR count). The van der Waals surface area contributed by atoms with Gasteiger partial charge < -0.3 is 4.74 Å². The second-order valence-corrected chi connectivity index (χ2v) is 6.84. The first-order valence-electron chi connectivity index (χ1n) is 5.82. The van der Waals surface area contributed by atoms with E-state index in [-0.39, 0.29) is 11.5 Å². The summed E-state index contributed by atoms with van der Waals surface area (Å²) in [6, 6.07) is 4.69. The number of ether oxygens (including phenoxy) is 1. The van der Waals surface area contributed by atoms with Crippen LogP contribution >= 0.6 is 10.7 Å². The van der Waals surface area contributed by atoms with E-state index in [0.717, 1.165) is 0 Å². The minimum absolute atomic E-state index is 0.0671. The fourth-order valence-electron chi connectivity index (χ4n) is 1.82. The second-order valence-electron chi connectivity index (χ2n) is 4.28. The highest BCUT2D eigenvalue weighted by Crippen LogP contribution is 2.28. The molecule has 106 valence electrons. The zero-order chi connectivity index (χ0) is 14.8. The molecule has 0 unspecified atom stereocenters. The van der Waals surface area contributed by atoms with E-state index in [4.69, 9.17) is 15.4 Å². The molecular weight excluding hydrogens is 300 g/mol. The molecule has 0 radical (unpaired) electrons. The molecule has 0 aliphatic rings. The number of rotatable bonds is 4. The third kappa shape index (κ3) is 3.46. The third-order valence-corrected chi connectivity index (χ3v) is 4.01. The zero-order valence-electron chi connectivity index (χ0n) is 11.0. The van der Waals surface area contributed by atoms with Crippen LogP contribution in [0.3, 0.4) is 0 Å². The van der Waals surface area contributed by atoms with Crippen molar-refractivity contribution in [3.8, 4) is 5.75 Å². The lowest BCUT2D eigenvalue weighted by atomic mass is 10.1. The Kier molecular flexibility index (Phi) is 4.25. The van der Waals surface area contributed by atoms with Gasteiger partial charge in [-0.05, 0) is 43.2 Å². The number of nitrogens with zero attached hydrogens (tertiary/aromatic N) is 2. The molecule has 1 aromatic heterocycles. The van der Waals surface area contributed by atoms with Gasteiger partial charge in [-0.3, -0.25) is 0 Å². The summed E-state index contributed by atoms with van der Waals surface area (Å²) >= 11 is 0. The Morgan fingerprint density at radius 1 is 1.15 bits per heavy atom. The predicted octanol–water partition coefficient (Wildman–Crippen LogP) is 2.60. The van der Waals surface area contributed by atoms with Gasteiger partial charge in [-0.1, -0.05) is 0 Å². The number of hydrogen-bond acceptors (Lipinski definition) is 5. The molecule has 0 amide bonds. The SMILES string of the molecule is Cc1cc(S(=O)(=O)Cl)cc(C)c1OCc1ncccn1. The van der Waals surface area contributed by atoms with Crippen molar-refractivity contribution < 1.29 is 13.2 Å². The van der Waals surface area contributed by atoms with E-state index >= 15 is 0 Å². The van der Waals surface area contributed by atoms with E-state index in [1.165, 1.54) is 12.1 Å². The first-order valence-corrected chi connectivity index (χ1v) is 8.13. The molecule has 0 saturated heterocycles. The Bertz CT molecular complexity index is 695. The average molecular weight is 313 g/mol. The molecule has 5 nitrogen and oxygen atoms in total. The molecule has 1 heterocycles. The van der Waals surface area contributed by atoms with E-state index < -0.39 is 9.05 Å². The fourth-order valence-corrected chi connectivity index (χ4v) is 2.72. The second kappa shape index (κ2) is 5.76. The number of benzene rings is 1. The van der Waals surface area contributed by atoms with Crippen molar-refractivity contribution in [3.63, 3.8) is 0 Å². The van der Waals surface area contributed by atoms with Gasteiger partial charge in [-0.25, -0.2) is 18.4 Å². The lowest BCUT2D eigenvalue weighted by Gasteiger charge is -2.12. The minimum Gasteiger partial charge on any atom is -0.485 e. The van der Waals surface area contributed by atoms with Crippen molar-refractivity contribution in [2.75, 3.05) is 0 Å². The summed E-state index contributed by atoms with van der Waals surface area (Å²) in [6.45, 7) is 3.75. The van der Waals surface area contributed by atoms with Crippen LogP contribution in [0.1, 0.15) is 17.0 Å². The van der Waals surface area contributed by atoms with Crippen LogP contribution in [0, 0.1) is 13.8 Å². The molecule has 0 saturated carbocycles. The van der Waals surface area contributed by atoms with Gasteiger partial charge in [-0.2, -0.15) is 0 Å². The fraction of sp³-hybridized carbons (Fsp3) is 0.231. The lowest BCUT2D eigenvalue weighted by molar-refractivity contribution is 0.291. The number of halogens is 1. The van der Waals surface area contributed by atoms with Crippen molar-refractivity contribution in [2.24, 2.45) is 0 Å². The Balaban J connectivity index is 2.25. The van der Waals surface area contributed by atoms with Crippen LogP contribution in [0.4, 0.5) is 0 Å². The Morgan fingerprint density at radius 2 is 1.70 bits per heavy atom. The van der Waals surface area contributed by atoms with Crippen LogP contribution in [0.15, 0.2) is 35.5 Å². The highest BCUT2D eigenvalue weighted by molar-refractivity contribution is 8.13. The Hall–Kier alpha value is -1.66. The van der Waals surface area contributed by atoms with Crippen LogP contribution in [-0.4, -0.2) is 18.4 Å². The van der Waals surface area contributed by atoms with Crippen LogP contribution in [0.5, 0.6) is 5.75 Å². The highest BCUT2D eigenvalue weighted by Gasteiger charge is 2.15. The van der Waals surface area contributed by atoms with E-state index in [1.807, 2.05) is 0 Å². The van der Waals surface area contributed by atoms with Crippen molar-refractivity contribution in [3.05, 3.63) is 47.5 Å². The minimum atomic E-state index is -3.74. The van der Waals surface area contributed by atoms with Gasteiger partial charge in [0.15, 0.2) is 5.82 Å². The molecule has 0 aliphatic carbocycles. The van der Waals surface area contributed by atoms with Gasteiger partial charge in [-0.15, -0.1) is 0 Å². The van der Waals surface area contributed by atoms with E-state index in [2.05, 4.69) is 9.97 Å². The summed E-state index contributed by atoms with van der Waals surface area (Å²) in [4.78, 5) is 8.18. The van der Waals surface area contributed by atoms with E-state index in [1.54, 1.807) is 32.3 Å². The summed E-state index contributed by atoms with van der Waals surface area (Å²) < 4.78 is 28.3. The average Bonchev–Trinajstić information content (AvgIpc) is 2.37. The van der Waals surface area contributed by atoms with Gasteiger partial charge in [0, 0.05) is 23.1 Å². The standard InChI is InChI=1S/C13H13ClN2O3S/c1-9-6-11(20(14,17)18)7-10(2)13(9)19-8-12-15-4-3-5-16-12/h3-7H,8H2,1-2H3. The van der Waals surface area contributed by atoms with Gasteiger partial charge in [0.05, 0.1) is 4.90 Å². The zero-order valence-corrected chi connectivity index (χ0v) is 12.6. The van der Waals surface area contributed by atoms with Crippen molar-refractivity contribution in [1.82, 2.24) is 9.97 Å². The normalized spacial score (nSPS) is 11.3. The predicted molar refractivity (Wildman–Crippen MR) is 75.3 cm³/mol. The molecule has 20 heavy (non-hydrogen) atoms. The van der Waals surface area contributed by atoms with Crippen molar-refractivity contribution in [2.45, 2.75) is 25.3 Å². The first kappa shape index (κ1) is 14.7. The van der Waals surface area contributed by atoms with E-state index in [0.29, 0.717) is 22.7 Å². The smallest absolute Gasteiger partial charge is 0.261 e. The largest absolute Gasteiger partial charge is 0.485 e. The third-order valence-electron chi connectivity index (χ3n) is 2.68. The summed E-state index contributed by atoms with van der Waals surface area (Å²) in [7, 11) is 1.60. The monoisotopic (exact) mass is 312 g/mol. The molecule has 0 N–H and O–H groups in total.